The molecule has 0 bridgehead atoms. The number of carbonyl (C=O) groups excluding carboxylic acids is 1. The summed E-state index contributed by atoms with van der Waals surface area (Å²) >= 11 is 1.67. The third kappa shape index (κ3) is 3.12. The van der Waals surface area contributed by atoms with Crippen molar-refractivity contribution in [2.24, 2.45) is 0 Å². The summed E-state index contributed by atoms with van der Waals surface area (Å²) in [4.78, 5) is 15.5. The van der Waals surface area contributed by atoms with Gasteiger partial charge >= 0.3 is 6.03 Å². The van der Waals surface area contributed by atoms with Crippen LogP contribution in [-0.4, -0.2) is 17.5 Å². The number of nitrogens with zero attached hydrogens (tertiary/aromatic N) is 1. The van der Waals surface area contributed by atoms with Crippen molar-refractivity contribution in [1.29, 1.82) is 0 Å². The third-order valence-electron chi connectivity index (χ3n) is 3.63. The van der Waals surface area contributed by atoms with Gasteiger partial charge in [0.2, 0.25) is 0 Å². The standard InChI is InChI=1S/C18H18N2OS/c1-2-20(13-15-9-6-12-22-15)18(21)19-17-11-5-8-14-7-3-4-10-16(14)17/h3-12H,2,13H2,1H3,(H,19,21). The van der Waals surface area contributed by atoms with Crippen molar-refractivity contribution in [1.82, 2.24) is 4.90 Å². The van der Waals surface area contributed by atoms with Gasteiger partial charge in [-0.15, -0.1) is 11.3 Å². The summed E-state index contributed by atoms with van der Waals surface area (Å²) in [5.74, 6) is 0. The minimum absolute atomic E-state index is 0.0627. The summed E-state index contributed by atoms with van der Waals surface area (Å²) in [5.41, 5.74) is 0.854. The van der Waals surface area contributed by atoms with Gasteiger partial charge in [0, 0.05) is 16.8 Å². The Hall–Kier alpha value is -2.33. The molecule has 0 fully saturated rings. The van der Waals surface area contributed by atoms with Crippen LogP contribution in [0.25, 0.3) is 10.8 Å². The van der Waals surface area contributed by atoms with Crippen LogP contribution in [-0.2, 0) is 6.54 Å². The molecule has 0 spiro atoms. The molecule has 0 saturated carbocycles. The average molecular weight is 310 g/mol. The van der Waals surface area contributed by atoms with E-state index in [1.807, 2.05) is 65.7 Å². The van der Waals surface area contributed by atoms with Crippen LogP contribution >= 0.6 is 11.3 Å². The van der Waals surface area contributed by atoms with Gasteiger partial charge in [0.15, 0.2) is 0 Å². The summed E-state index contributed by atoms with van der Waals surface area (Å²) < 4.78 is 0. The molecule has 2 aromatic carbocycles. The molecule has 0 aliphatic rings. The average Bonchev–Trinajstić information content (AvgIpc) is 3.06. The second-order valence-electron chi connectivity index (χ2n) is 5.05. The Morgan fingerprint density at radius 3 is 2.68 bits per heavy atom. The van der Waals surface area contributed by atoms with Crippen LogP contribution in [0.15, 0.2) is 60.0 Å². The van der Waals surface area contributed by atoms with E-state index >= 15 is 0 Å². The number of hydrogen-bond acceptors (Lipinski definition) is 2. The van der Waals surface area contributed by atoms with Gasteiger partial charge in [0.1, 0.15) is 0 Å². The monoisotopic (exact) mass is 310 g/mol. The van der Waals surface area contributed by atoms with Gasteiger partial charge in [-0.2, -0.15) is 0 Å². The van der Waals surface area contributed by atoms with Gasteiger partial charge < -0.3 is 10.2 Å². The molecule has 3 nitrogen and oxygen atoms in total. The van der Waals surface area contributed by atoms with E-state index < -0.39 is 0 Å². The number of urea groups is 1. The number of anilines is 1. The number of benzene rings is 2. The highest BCUT2D eigenvalue weighted by atomic mass is 32.1. The number of thiophene rings is 1. The second kappa shape index (κ2) is 6.62. The van der Waals surface area contributed by atoms with E-state index in [-0.39, 0.29) is 6.03 Å². The molecule has 0 radical (unpaired) electrons. The Kier molecular flexibility index (Phi) is 4.39. The fourth-order valence-corrected chi connectivity index (χ4v) is 3.17. The first-order valence-corrected chi connectivity index (χ1v) is 8.22. The minimum atomic E-state index is -0.0627. The van der Waals surface area contributed by atoms with Gasteiger partial charge in [-0.25, -0.2) is 4.79 Å². The lowest BCUT2D eigenvalue weighted by Crippen LogP contribution is -2.34. The largest absolute Gasteiger partial charge is 0.322 e. The first-order chi connectivity index (χ1) is 10.8. The predicted molar refractivity (Wildman–Crippen MR) is 93.4 cm³/mol. The number of nitrogens with one attached hydrogen (secondary N) is 1. The Labute approximate surface area is 134 Å². The van der Waals surface area contributed by atoms with Crippen molar-refractivity contribution >= 4 is 33.8 Å². The molecule has 3 aromatic rings. The smallest absolute Gasteiger partial charge is 0.320 e. The Morgan fingerprint density at radius 1 is 1.09 bits per heavy atom. The maximum atomic E-state index is 12.5. The molecule has 3 rings (SSSR count). The van der Waals surface area contributed by atoms with E-state index in [1.165, 1.54) is 4.88 Å². The molecule has 4 heteroatoms. The summed E-state index contributed by atoms with van der Waals surface area (Å²) in [7, 11) is 0. The predicted octanol–water partition coefficient (Wildman–Crippen LogP) is 4.96. The first kappa shape index (κ1) is 14.6. The van der Waals surface area contributed by atoms with E-state index in [0.29, 0.717) is 13.1 Å². The highest BCUT2D eigenvalue weighted by molar-refractivity contribution is 7.09. The fraction of sp³-hybridized carbons (Fsp3) is 0.167. The summed E-state index contributed by atoms with van der Waals surface area (Å²) in [6.07, 6.45) is 0. The van der Waals surface area contributed by atoms with Gasteiger partial charge in [-0.3, -0.25) is 0 Å². The van der Waals surface area contributed by atoms with Gasteiger partial charge in [0.05, 0.1) is 12.2 Å². The van der Waals surface area contributed by atoms with Crippen molar-refractivity contribution in [2.75, 3.05) is 11.9 Å². The SMILES string of the molecule is CCN(Cc1cccs1)C(=O)Nc1cccc2ccccc12. The Bertz CT molecular complexity index is 762. The number of amides is 2. The number of hydrogen-bond donors (Lipinski definition) is 1. The maximum absolute atomic E-state index is 12.5. The van der Waals surface area contributed by atoms with Crippen LogP contribution in [0, 0.1) is 0 Å². The van der Waals surface area contributed by atoms with Gasteiger partial charge in [-0.1, -0.05) is 42.5 Å². The summed E-state index contributed by atoms with van der Waals surface area (Å²) in [5, 5.41) is 7.26. The van der Waals surface area contributed by atoms with Crippen molar-refractivity contribution in [3.8, 4) is 0 Å². The molecular formula is C18H18N2OS. The molecule has 0 atom stereocenters. The molecule has 112 valence electrons. The maximum Gasteiger partial charge on any atom is 0.322 e. The molecule has 1 aromatic heterocycles. The van der Waals surface area contributed by atoms with Crippen molar-refractivity contribution in [2.45, 2.75) is 13.5 Å². The lowest BCUT2D eigenvalue weighted by Gasteiger charge is -2.21. The minimum Gasteiger partial charge on any atom is -0.320 e. The highest BCUT2D eigenvalue weighted by Gasteiger charge is 2.13. The molecule has 1 N–H and O–H groups in total. The van der Waals surface area contributed by atoms with Crippen molar-refractivity contribution < 1.29 is 4.79 Å². The molecule has 0 aliphatic heterocycles. The third-order valence-corrected chi connectivity index (χ3v) is 4.49. The molecule has 2 amide bonds. The quantitative estimate of drug-likeness (QED) is 0.726. The molecule has 0 aliphatic carbocycles. The Morgan fingerprint density at radius 2 is 1.91 bits per heavy atom. The molecule has 0 saturated heterocycles. The lowest BCUT2D eigenvalue weighted by atomic mass is 10.1. The zero-order valence-corrected chi connectivity index (χ0v) is 13.3. The van der Waals surface area contributed by atoms with Crippen LogP contribution < -0.4 is 5.32 Å². The van der Waals surface area contributed by atoms with E-state index in [9.17, 15) is 4.79 Å². The lowest BCUT2D eigenvalue weighted by molar-refractivity contribution is 0.212. The summed E-state index contributed by atoms with van der Waals surface area (Å²) in [6, 6.07) is 18.0. The number of fused-ring (bicyclic) bond motifs is 1. The van der Waals surface area contributed by atoms with E-state index in [2.05, 4.69) is 11.4 Å². The second-order valence-corrected chi connectivity index (χ2v) is 6.08. The number of rotatable bonds is 4. The summed E-state index contributed by atoms with van der Waals surface area (Å²) in [6.45, 7) is 3.32. The molecule has 22 heavy (non-hydrogen) atoms. The molecule has 1 heterocycles. The van der Waals surface area contributed by atoms with Crippen LogP contribution in [0.3, 0.4) is 0 Å². The van der Waals surface area contributed by atoms with Crippen LogP contribution in [0.1, 0.15) is 11.8 Å². The molecular weight excluding hydrogens is 292 g/mol. The first-order valence-electron chi connectivity index (χ1n) is 7.34. The zero-order chi connectivity index (χ0) is 15.4. The number of carbonyl (C=O) groups is 1. The Balaban J connectivity index is 1.79. The molecule has 0 unspecified atom stereocenters. The van der Waals surface area contributed by atoms with E-state index in [0.717, 1.165) is 16.5 Å². The van der Waals surface area contributed by atoms with Crippen LogP contribution in [0.4, 0.5) is 10.5 Å². The van der Waals surface area contributed by atoms with Crippen LogP contribution in [0.5, 0.6) is 0 Å². The highest BCUT2D eigenvalue weighted by Crippen LogP contribution is 2.23. The zero-order valence-electron chi connectivity index (χ0n) is 12.5. The van der Waals surface area contributed by atoms with E-state index in [4.69, 9.17) is 0 Å². The normalized spacial score (nSPS) is 10.6. The van der Waals surface area contributed by atoms with Crippen molar-refractivity contribution in [3.05, 3.63) is 64.9 Å². The van der Waals surface area contributed by atoms with Crippen molar-refractivity contribution in [3.63, 3.8) is 0 Å². The van der Waals surface area contributed by atoms with Gasteiger partial charge in [-0.05, 0) is 29.8 Å². The van der Waals surface area contributed by atoms with E-state index in [1.54, 1.807) is 11.3 Å². The fourth-order valence-electron chi connectivity index (χ4n) is 2.45. The van der Waals surface area contributed by atoms with Crippen LogP contribution in [0.2, 0.25) is 0 Å². The topological polar surface area (TPSA) is 32.3 Å². The van der Waals surface area contributed by atoms with Gasteiger partial charge in [0.25, 0.3) is 0 Å².